The van der Waals surface area contributed by atoms with Gasteiger partial charge in [-0.15, -0.1) is 0 Å². The van der Waals surface area contributed by atoms with Crippen LogP contribution in [0.4, 0.5) is 5.95 Å². The Hall–Kier alpha value is -1.62. The van der Waals surface area contributed by atoms with E-state index in [4.69, 9.17) is 12.2 Å². The van der Waals surface area contributed by atoms with E-state index < -0.39 is 0 Å². The lowest BCUT2D eigenvalue weighted by molar-refractivity contribution is 0.824. The Morgan fingerprint density at radius 2 is 2.24 bits per heavy atom. The van der Waals surface area contributed by atoms with Crippen molar-refractivity contribution < 1.29 is 0 Å². The quantitative estimate of drug-likeness (QED) is 0.777. The summed E-state index contributed by atoms with van der Waals surface area (Å²) in [4.78, 5) is 6.71. The molecule has 1 aromatic carbocycles. The number of para-hydroxylation sites is 2. The van der Waals surface area contributed by atoms with Crippen molar-refractivity contribution in [3.63, 3.8) is 0 Å². The van der Waals surface area contributed by atoms with Gasteiger partial charge in [0, 0.05) is 19.6 Å². The van der Waals surface area contributed by atoms with E-state index in [1.807, 2.05) is 25.1 Å². The van der Waals surface area contributed by atoms with Crippen LogP contribution in [0.2, 0.25) is 0 Å². The van der Waals surface area contributed by atoms with Gasteiger partial charge in [-0.2, -0.15) is 0 Å². The van der Waals surface area contributed by atoms with Crippen LogP contribution >= 0.6 is 12.2 Å². The lowest BCUT2D eigenvalue weighted by atomic mass is 10.3. The smallest absolute Gasteiger partial charge is 0.213 e. The summed E-state index contributed by atoms with van der Waals surface area (Å²) < 4.78 is 2.22. The van der Waals surface area contributed by atoms with E-state index in [2.05, 4.69) is 25.8 Å². The number of hydrogen-bond acceptors (Lipinski definition) is 2. The summed E-state index contributed by atoms with van der Waals surface area (Å²) in [6.45, 7) is 4.74. The molecule has 3 rings (SSSR count). The van der Waals surface area contributed by atoms with Crippen LogP contribution in [-0.2, 0) is 6.54 Å². The number of fused-ring (bicyclic) bond motifs is 3. The average molecular weight is 246 g/mol. The van der Waals surface area contributed by atoms with E-state index >= 15 is 0 Å². The minimum absolute atomic E-state index is 0.765. The third-order valence-electron chi connectivity index (χ3n) is 3.00. The van der Waals surface area contributed by atoms with Crippen molar-refractivity contribution in [2.24, 2.45) is 0 Å². The normalized spacial score (nSPS) is 14.1. The Morgan fingerprint density at radius 1 is 1.41 bits per heavy atom. The molecule has 4 nitrogen and oxygen atoms in total. The number of aromatic nitrogens is 2. The second-order valence-corrected chi connectivity index (χ2v) is 4.43. The number of anilines is 1. The molecule has 0 spiro atoms. The largest absolute Gasteiger partial charge is 0.362 e. The van der Waals surface area contributed by atoms with Crippen LogP contribution in [0, 0.1) is 0 Å². The minimum atomic E-state index is 0.765. The molecule has 0 bridgehead atoms. The molecule has 0 atom stereocenters. The van der Waals surface area contributed by atoms with Gasteiger partial charge in [0.15, 0.2) is 5.11 Å². The van der Waals surface area contributed by atoms with Crippen LogP contribution in [0.15, 0.2) is 24.3 Å². The first kappa shape index (κ1) is 10.5. The van der Waals surface area contributed by atoms with Crippen molar-refractivity contribution >= 4 is 34.3 Å². The zero-order chi connectivity index (χ0) is 11.8. The number of thiocarbonyl (C=S) groups is 1. The molecule has 1 aliphatic rings. The Labute approximate surface area is 105 Å². The Balaban J connectivity index is 2.05. The summed E-state index contributed by atoms with van der Waals surface area (Å²) in [6.07, 6.45) is 0. The van der Waals surface area contributed by atoms with Crippen molar-refractivity contribution in [2.45, 2.75) is 13.5 Å². The molecule has 0 radical (unpaired) electrons. The van der Waals surface area contributed by atoms with Crippen LogP contribution in [-0.4, -0.2) is 27.8 Å². The van der Waals surface area contributed by atoms with E-state index in [-0.39, 0.29) is 0 Å². The van der Waals surface area contributed by atoms with Crippen LogP contribution in [0.5, 0.6) is 0 Å². The van der Waals surface area contributed by atoms with E-state index in [9.17, 15) is 0 Å². The number of nitrogens with one attached hydrogen (secondary N) is 1. The van der Waals surface area contributed by atoms with E-state index in [0.29, 0.717) is 0 Å². The molecule has 0 saturated heterocycles. The summed E-state index contributed by atoms with van der Waals surface area (Å²) >= 11 is 5.36. The van der Waals surface area contributed by atoms with Gasteiger partial charge in [-0.3, -0.25) is 4.90 Å². The Bertz CT molecular complexity index is 575. The van der Waals surface area contributed by atoms with E-state index in [1.54, 1.807) is 0 Å². The van der Waals surface area contributed by atoms with Crippen molar-refractivity contribution in [1.82, 2.24) is 14.9 Å². The highest BCUT2D eigenvalue weighted by molar-refractivity contribution is 7.80. The lowest BCUT2D eigenvalue weighted by Crippen LogP contribution is -2.38. The molecule has 2 aromatic rings. The second kappa shape index (κ2) is 4.00. The van der Waals surface area contributed by atoms with E-state index in [1.165, 1.54) is 5.52 Å². The van der Waals surface area contributed by atoms with E-state index in [0.717, 1.165) is 36.2 Å². The van der Waals surface area contributed by atoms with Crippen LogP contribution < -0.4 is 10.2 Å². The summed E-state index contributed by atoms with van der Waals surface area (Å²) in [7, 11) is 0. The number of rotatable bonds is 1. The van der Waals surface area contributed by atoms with Gasteiger partial charge in [-0.25, -0.2) is 4.98 Å². The lowest BCUT2D eigenvalue weighted by Gasteiger charge is -2.17. The molecular weight excluding hydrogens is 232 g/mol. The topological polar surface area (TPSA) is 33.1 Å². The molecule has 5 heteroatoms. The molecule has 1 aliphatic heterocycles. The molecule has 1 N–H and O–H groups in total. The summed E-state index contributed by atoms with van der Waals surface area (Å²) in [5.74, 6) is 0.956. The summed E-state index contributed by atoms with van der Waals surface area (Å²) in [5.41, 5.74) is 2.22. The number of imidazole rings is 1. The average Bonchev–Trinajstić information content (AvgIpc) is 2.87. The standard InChI is InChI=1S/C12H14N4S/c1-2-13-12(17)16-8-7-15-10-6-4-3-5-9(10)14-11(15)16/h3-6H,2,7-8H2,1H3,(H,13,17). The second-order valence-electron chi connectivity index (χ2n) is 4.04. The molecule has 0 amide bonds. The summed E-state index contributed by atoms with van der Waals surface area (Å²) in [6, 6.07) is 8.20. The van der Waals surface area contributed by atoms with Crippen molar-refractivity contribution in [3.8, 4) is 0 Å². The number of nitrogens with zero attached hydrogens (tertiary/aromatic N) is 3. The van der Waals surface area contributed by atoms with Gasteiger partial charge in [-0.1, -0.05) is 12.1 Å². The third kappa shape index (κ3) is 1.58. The SMILES string of the molecule is CCNC(=S)N1CCn2c1nc1ccccc12. The fourth-order valence-corrected chi connectivity index (χ4v) is 2.55. The van der Waals surface area contributed by atoms with Gasteiger partial charge < -0.3 is 9.88 Å². The van der Waals surface area contributed by atoms with Gasteiger partial charge in [0.05, 0.1) is 11.0 Å². The van der Waals surface area contributed by atoms with Crippen molar-refractivity contribution in [3.05, 3.63) is 24.3 Å². The highest BCUT2D eigenvalue weighted by atomic mass is 32.1. The van der Waals surface area contributed by atoms with Crippen LogP contribution in [0.1, 0.15) is 6.92 Å². The maximum absolute atomic E-state index is 5.36. The van der Waals surface area contributed by atoms with Gasteiger partial charge in [0.2, 0.25) is 5.95 Å². The van der Waals surface area contributed by atoms with Gasteiger partial charge in [0.25, 0.3) is 0 Å². The minimum Gasteiger partial charge on any atom is -0.362 e. The fourth-order valence-electron chi connectivity index (χ4n) is 2.23. The molecule has 17 heavy (non-hydrogen) atoms. The zero-order valence-electron chi connectivity index (χ0n) is 9.68. The van der Waals surface area contributed by atoms with Gasteiger partial charge in [0.1, 0.15) is 0 Å². The van der Waals surface area contributed by atoms with Gasteiger partial charge in [-0.05, 0) is 31.3 Å². The van der Waals surface area contributed by atoms with Crippen LogP contribution in [0.3, 0.4) is 0 Å². The molecule has 0 saturated carbocycles. The monoisotopic (exact) mass is 246 g/mol. The predicted molar refractivity (Wildman–Crippen MR) is 73.4 cm³/mol. The highest BCUT2D eigenvalue weighted by Crippen LogP contribution is 2.26. The maximum atomic E-state index is 5.36. The molecular formula is C12H14N4S. The summed E-state index contributed by atoms with van der Waals surface area (Å²) in [5, 5.41) is 3.94. The predicted octanol–water partition coefficient (Wildman–Crippen LogP) is 1.75. The Kier molecular flexibility index (Phi) is 2.48. The van der Waals surface area contributed by atoms with Crippen molar-refractivity contribution in [2.75, 3.05) is 18.0 Å². The zero-order valence-corrected chi connectivity index (χ0v) is 10.5. The highest BCUT2D eigenvalue weighted by Gasteiger charge is 2.25. The van der Waals surface area contributed by atoms with Crippen LogP contribution in [0.25, 0.3) is 11.0 Å². The first-order chi connectivity index (χ1) is 8.31. The molecule has 0 aliphatic carbocycles. The molecule has 2 heterocycles. The first-order valence-electron chi connectivity index (χ1n) is 5.82. The molecule has 0 unspecified atom stereocenters. The fraction of sp³-hybridized carbons (Fsp3) is 0.333. The Morgan fingerprint density at radius 3 is 3.06 bits per heavy atom. The van der Waals surface area contributed by atoms with Gasteiger partial charge >= 0.3 is 0 Å². The molecule has 88 valence electrons. The first-order valence-corrected chi connectivity index (χ1v) is 6.22. The number of benzene rings is 1. The maximum Gasteiger partial charge on any atom is 0.213 e. The molecule has 1 aromatic heterocycles. The molecule has 0 fully saturated rings. The number of hydrogen-bond donors (Lipinski definition) is 1. The third-order valence-corrected chi connectivity index (χ3v) is 3.36. The van der Waals surface area contributed by atoms with Crippen molar-refractivity contribution in [1.29, 1.82) is 0 Å².